The van der Waals surface area contributed by atoms with E-state index in [0.717, 1.165) is 12.1 Å². The van der Waals surface area contributed by atoms with Crippen molar-refractivity contribution < 1.29 is 9.13 Å². The third-order valence-electron chi connectivity index (χ3n) is 3.45. The molecule has 0 aliphatic carbocycles. The van der Waals surface area contributed by atoms with E-state index >= 15 is 0 Å². The van der Waals surface area contributed by atoms with E-state index in [2.05, 4.69) is 19.2 Å². The lowest BCUT2D eigenvalue weighted by molar-refractivity contribution is 0.203. The van der Waals surface area contributed by atoms with Crippen LogP contribution in [0.15, 0.2) is 18.2 Å². The second kappa shape index (κ2) is 8.22. The number of halogens is 1. The molecule has 3 nitrogen and oxygen atoms in total. The highest BCUT2D eigenvalue weighted by molar-refractivity contribution is 5.50. The highest BCUT2D eigenvalue weighted by Crippen LogP contribution is 2.25. The van der Waals surface area contributed by atoms with Gasteiger partial charge in [-0.15, -0.1) is 0 Å². The number of benzene rings is 1. The van der Waals surface area contributed by atoms with Crippen LogP contribution in [0.3, 0.4) is 0 Å². The Labute approximate surface area is 122 Å². The molecule has 0 aliphatic heterocycles. The van der Waals surface area contributed by atoms with Gasteiger partial charge in [0.15, 0.2) is 0 Å². The van der Waals surface area contributed by atoms with Crippen LogP contribution in [0.1, 0.15) is 39.3 Å². The van der Waals surface area contributed by atoms with Gasteiger partial charge in [0.1, 0.15) is 5.82 Å². The molecule has 1 aromatic carbocycles. The number of nitrogens with zero attached hydrogens (tertiary/aromatic N) is 1. The van der Waals surface area contributed by atoms with Crippen molar-refractivity contribution in [3.63, 3.8) is 0 Å². The molecule has 4 heteroatoms. The molecule has 0 aromatic heterocycles. The van der Waals surface area contributed by atoms with Crippen LogP contribution < -0.4 is 10.2 Å². The van der Waals surface area contributed by atoms with Crippen molar-refractivity contribution in [2.75, 3.05) is 31.7 Å². The Morgan fingerprint density at radius 2 is 2.00 bits per heavy atom. The maximum atomic E-state index is 14.4. The molecule has 0 spiro atoms. The highest BCUT2D eigenvalue weighted by Gasteiger charge is 2.16. The average Bonchev–Trinajstić information content (AvgIpc) is 2.40. The van der Waals surface area contributed by atoms with E-state index in [4.69, 9.17) is 4.74 Å². The molecule has 1 unspecified atom stereocenters. The Kier molecular flexibility index (Phi) is 6.96. The Bertz CT molecular complexity index is 409. The zero-order chi connectivity index (χ0) is 15.1. The fourth-order valence-corrected chi connectivity index (χ4v) is 2.30. The normalized spacial score (nSPS) is 12.8. The van der Waals surface area contributed by atoms with Gasteiger partial charge in [0.25, 0.3) is 0 Å². The van der Waals surface area contributed by atoms with Gasteiger partial charge in [0.2, 0.25) is 0 Å². The highest BCUT2D eigenvalue weighted by atomic mass is 19.1. The molecule has 0 amide bonds. The molecule has 0 saturated heterocycles. The lowest BCUT2D eigenvalue weighted by atomic mass is 10.1. The zero-order valence-electron chi connectivity index (χ0n) is 13.2. The summed E-state index contributed by atoms with van der Waals surface area (Å²) in [5.41, 5.74) is 1.62. The molecule has 0 fully saturated rings. The Morgan fingerprint density at radius 1 is 1.30 bits per heavy atom. The number of nitrogens with one attached hydrogen (secondary N) is 1. The van der Waals surface area contributed by atoms with Crippen LogP contribution in [0.2, 0.25) is 0 Å². The van der Waals surface area contributed by atoms with Crippen molar-refractivity contribution in [1.82, 2.24) is 5.32 Å². The van der Waals surface area contributed by atoms with E-state index in [0.29, 0.717) is 18.8 Å². The maximum Gasteiger partial charge on any atom is 0.146 e. The van der Waals surface area contributed by atoms with Gasteiger partial charge >= 0.3 is 0 Å². The quantitative estimate of drug-likeness (QED) is 0.791. The summed E-state index contributed by atoms with van der Waals surface area (Å²) < 4.78 is 19.5. The molecular formula is C16H27FN2O. The molecule has 0 heterocycles. The summed E-state index contributed by atoms with van der Waals surface area (Å²) in [5.74, 6) is -0.169. The number of rotatable bonds is 8. The minimum Gasteiger partial charge on any atom is -0.383 e. The monoisotopic (exact) mass is 282 g/mol. The summed E-state index contributed by atoms with van der Waals surface area (Å²) in [6.45, 7) is 10.4. The molecule has 0 bridgehead atoms. The zero-order valence-corrected chi connectivity index (χ0v) is 13.2. The summed E-state index contributed by atoms with van der Waals surface area (Å²) in [5, 5.41) is 3.29. The van der Waals surface area contributed by atoms with E-state index in [1.54, 1.807) is 13.2 Å². The third-order valence-corrected chi connectivity index (χ3v) is 3.45. The molecule has 0 saturated carbocycles. The number of methoxy groups -OCH3 is 1. The topological polar surface area (TPSA) is 24.5 Å². The number of hydrogen-bond acceptors (Lipinski definition) is 3. The van der Waals surface area contributed by atoms with Crippen molar-refractivity contribution in [3.05, 3.63) is 29.6 Å². The van der Waals surface area contributed by atoms with Crippen LogP contribution in [0.25, 0.3) is 0 Å². The summed E-state index contributed by atoms with van der Waals surface area (Å²) in [7, 11) is 1.66. The average molecular weight is 282 g/mol. The molecule has 1 atom stereocenters. The SMILES string of the molecule is CCNC(C)c1ccc(N(CCOC)C(C)C)c(F)c1. The fourth-order valence-electron chi connectivity index (χ4n) is 2.30. The Balaban J connectivity index is 2.94. The van der Waals surface area contributed by atoms with Crippen LogP contribution >= 0.6 is 0 Å². The minimum atomic E-state index is -0.169. The second-order valence-electron chi connectivity index (χ2n) is 5.27. The van der Waals surface area contributed by atoms with E-state index in [9.17, 15) is 4.39 Å². The Hall–Kier alpha value is -1.13. The molecule has 1 N–H and O–H groups in total. The Morgan fingerprint density at radius 3 is 2.50 bits per heavy atom. The van der Waals surface area contributed by atoms with Gasteiger partial charge < -0.3 is 15.0 Å². The van der Waals surface area contributed by atoms with Crippen molar-refractivity contribution in [3.8, 4) is 0 Å². The number of ether oxygens (including phenoxy) is 1. The predicted octanol–water partition coefficient (Wildman–Crippen LogP) is 3.36. The predicted molar refractivity (Wildman–Crippen MR) is 82.8 cm³/mol. The lowest BCUT2D eigenvalue weighted by Crippen LogP contribution is -2.34. The summed E-state index contributed by atoms with van der Waals surface area (Å²) in [6, 6.07) is 5.89. The van der Waals surface area contributed by atoms with Crippen molar-refractivity contribution in [2.45, 2.75) is 39.8 Å². The first kappa shape index (κ1) is 16.9. The van der Waals surface area contributed by atoms with Crippen LogP contribution in [0.5, 0.6) is 0 Å². The van der Waals surface area contributed by atoms with Crippen LogP contribution in [-0.4, -0.2) is 32.8 Å². The molecular weight excluding hydrogens is 255 g/mol. The first-order valence-corrected chi connectivity index (χ1v) is 7.29. The number of anilines is 1. The van der Waals surface area contributed by atoms with Gasteiger partial charge in [0.05, 0.1) is 12.3 Å². The van der Waals surface area contributed by atoms with Gasteiger partial charge in [0, 0.05) is 25.7 Å². The number of hydrogen-bond donors (Lipinski definition) is 1. The maximum absolute atomic E-state index is 14.4. The smallest absolute Gasteiger partial charge is 0.146 e. The first-order valence-electron chi connectivity index (χ1n) is 7.29. The van der Waals surface area contributed by atoms with Crippen molar-refractivity contribution in [2.24, 2.45) is 0 Å². The lowest BCUT2D eigenvalue weighted by Gasteiger charge is -2.29. The second-order valence-corrected chi connectivity index (χ2v) is 5.27. The van der Waals surface area contributed by atoms with Crippen molar-refractivity contribution >= 4 is 5.69 Å². The van der Waals surface area contributed by atoms with Gasteiger partial charge in [-0.05, 0) is 45.0 Å². The molecule has 114 valence electrons. The molecule has 1 aromatic rings. The molecule has 0 aliphatic rings. The molecule has 20 heavy (non-hydrogen) atoms. The van der Waals surface area contributed by atoms with Gasteiger partial charge in [-0.25, -0.2) is 4.39 Å². The molecule has 0 radical (unpaired) electrons. The molecule has 1 rings (SSSR count). The minimum absolute atomic E-state index is 0.162. The summed E-state index contributed by atoms with van der Waals surface area (Å²) in [4.78, 5) is 2.03. The fraction of sp³-hybridized carbons (Fsp3) is 0.625. The first-order chi connectivity index (χ1) is 9.51. The van der Waals surface area contributed by atoms with E-state index in [-0.39, 0.29) is 17.9 Å². The summed E-state index contributed by atoms with van der Waals surface area (Å²) >= 11 is 0. The largest absolute Gasteiger partial charge is 0.383 e. The standard InChI is InChI=1S/C16H27FN2O/c1-6-18-13(4)14-7-8-16(15(17)11-14)19(12(2)3)9-10-20-5/h7-8,11-13,18H,6,9-10H2,1-5H3. The third kappa shape index (κ3) is 4.46. The van der Waals surface area contributed by atoms with Crippen LogP contribution in [-0.2, 0) is 4.74 Å². The van der Waals surface area contributed by atoms with Gasteiger partial charge in [-0.1, -0.05) is 13.0 Å². The van der Waals surface area contributed by atoms with E-state index in [1.807, 2.05) is 30.9 Å². The summed E-state index contributed by atoms with van der Waals surface area (Å²) in [6.07, 6.45) is 0. The van der Waals surface area contributed by atoms with E-state index in [1.165, 1.54) is 0 Å². The van der Waals surface area contributed by atoms with Crippen LogP contribution in [0, 0.1) is 5.82 Å². The van der Waals surface area contributed by atoms with Gasteiger partial charge in [-0.2, -0.15) is 0 Å². The van der Waals surface area contributed by atoms with Crippen molar-refractivity contribution in [1.29, 1.82) is 0 Å². The van der Waals surface area contributed by atoms with E-state index < -0.39 is 0 Å². The van der Waals surface area contributed by atoms with Crippen LogP contribution in [0.4, 0.5) is 10.1 Å². The van der Waals surface area contributed by atoms with Gasteiger partial charge in [-0.3, -0.25) is 0 Å².